The Morgan fingerprint density at radius 3 is 2.96 bits per heavy atom. The Labute approximate surface area is 150 Å². The van der Waals surface area contributed by atoms with Crippen molar-refractivity contribution in [2.45, 2.75) is 23.4 Å². The van der Waals surface area contributed by atoms with Gasteiger partial charge in [0.15, 0.2) is 12.4 Å². The van der Waals surface area contributed by atoms with Crippen LogP contribution in [0.2, 0.25) is 0 Å². The van der Waals surface area contributed by atoms with E-state index in [0.717, 1.165) is 6.42 Å². The van der Waals surface area contributed by atoms with Crippen molar-refractivity contribution in [1.29, 1.82) is 0 Å². The zero-order chi connectivity index (χ0) is 17.0. The Morgan fingerprint density at radius 1 is 1.46 bits per heavy atom. The lowest BCUT2D eigenvalue weighted by Gasteiger charge is -2.26. The van der Waals surface area contributed by atoms with E-state index in [1.54, 1.807) is 13.0 Å². The molecule has 2 aliphatic carbocycles. The fourth-order valence-electron chi connectivity index (χ4n) is 4.13. The lowest BCUT2D eigenvalue weighted by molar-refractivity contribution is -0.157. The van der Waals surface area contributed by atoms with Crippen LogP contribution in [0.3, 0.4) is 0 Å². The van der Waals surface area contributed by atoms with Crippen LogP contribution in [0.25, 0.3) is 0 Å². The van der Waals surface area contributed by atoms with Crippen LogP contribution in [0.4, 0.5) is 5.82 Å². The van der Waals surface area contributed by atoms with E-state index in [1.807, 2.05) is 0 Å². The molecule has 1 aliphatic heterocycles. The van der Waals surface area contributed by atoms with Crippen LogP contribution in [0, 0.1) is 30.6 Å². The van der Waals surface area contributed by atoms with E-state index in [0.29, 0.717) is 5.76 Å². The molecular formula is C15H15IN2O6. The fourth-order valence-corrected chi connectivity index (χ4v) is 5.55. The van der Waals surface area contributed by atoms with Crippen molar-refractivity contribution >= 4 is 46.3 Å². The molecule has 2 saturated carbocycles. The largest absolute Gasteiger partial charge is 0.461 e. The van der Waals surface area contributed by atoms with Crippen LogP contribution < -0.4 is 5.32 Å². The van der Waals surface area contributed by atoms with Gasteiger partial charge >= 0.3 is 11.9 Å². The summed E-state index contributed by atoms with van der Waals surface area (Å²) in [6.45, 7) is 1.28. The third kappa shape index (κ3) is 2.40. The smallest absolute Gasteiger partial charge is 0.310 e. The highest BCUT2D eigenvalue weighted by atomic mass is 127. The molecule has 0 spiro atoms. The van der Waals surface area contributed by atoms with Gasteiger partial charge in [-0.25, -0.2) is 0 Å². The average Bonchev–Trinajstić information content (AvgIpc) is 3.24. The summed E-state index contributed by atoms with van der Waals surface area (Å²) < 4.78 is 15.5. The van der Waals surface area contributed by atoms with E-state index in [9.17, 15) is 14.4 Å². The first-order chi connectivity index (χ1) is 11.5. The Bertz CT molecular complexity index is 719. The number of esters is 2. The van der Waals surface area contributed by atoms with Gasteiger partial charge in [-0.05, 0) is 19.3 Å². The number of fused-ring (bicyclic) bond motifs is 1. The minimum Gasteiger partial charge on any atom is -0.461 e. The predicted octanol–water partition coefficient (Wildman–Crippen LogP) is 1.08. The number of aryl methyl sites for hydroxylation is 1. The molecule has 8 nitrogen and oxygen atoms in total. The van der Waals surface area contributed by atoms with Gasteiger partial charge in [-0.3, -0.25) is 14.4 Å². The number of ether oxygens (including phenoxy) is 2. The number of carbonyl (C=O) groups is 3. The van der Waals surface area contributed by atoms with E-state index in [4.69, 9.17) is 14.0 Å². The number of nitrogens with one attached hydrogen (secondary N) is 1. The van der Waals surface area contributed by atoms with Crippen molar-refractivity contribution in [3.8, 4) is 0 Å². The summed E-state index contributed by atoms with van der Waals surface area (Å²) in [6.07, 6.45) is 0.731. The molecule has 1 aromatic rings. The van der Waals surface area contributed by atoms with Crippen LogP contribution >= 0.6 is 22.6 Å². The third-order valence-corrected chi connectivity index (χ3v) is 6.67. The van der Waals surface area contributed by atoms with E-state index in [-0.39, 0.29) is 33.7 Å². The molecule has 3 fully saturated rings. The molecule has 1 saturated heterocycles. The van der Waals surface area contributed by atoms with Gasteiger partial charge in [0.05, 0.1) is 15.8 Å². The van der Waals surface area contributed by atoms with Crippen molar-refractivity contribution in [3.63, 3.8) is 0 Å². The van der Waals surface area contributed by atoms with Gasteiger partial charge in [0, 0.05) is 12.0 Å². The first-order valence-electron chi connectivity index (χ1n) is 7.70. The van der Waals surface area contributed by atoms with Crippen LogP contribution in [0.5, 0.6) is 0 Å². The molecular weight excluding hydrogens is 431 g/mol. The minimum absolute atomic E-state index is 0.0733. The third-order valence-electron chi connectivity index (χ3n) is 5.04. The van der Waals surface area contributed by atoms with Gasteiger partial charge in [-0.1, -0.05) is 27.7 Å². The van der Waals surface area contributed by atoms with E-state index in [1.165, 1.54) is 0 Å². The zero-order valence-corrected chi connectivity index (χ0v) is 14.9. The second-order valence-corrected chi connectivity index (χ2v) is 7.88. The number of aromatic nitrogens is 1. The van der Waals surface area contributed by atoms with Crippen molar-refractivity contribution < 1.29 is 28.4 Å². The first kappa shape index (κ1) is 15.9. The number of alkyl halides is 1. The summed E-state index contributed by atoms with van der Waals surface area (Å²) in [7, 11) is 0. The van der Waals surface area contributed by atoms with Crippen LogP contribution in [0.1, 0.15) is 12.2 Å². The van der Waals surface area contributed by atoms with Gasteiger partial charge in [-0.15, -0.1) is 0 Å². The number of hydrogen-bond acceptors (Lipinski definition) is 7. The molecule has 1 amide bonds. The molecule has 24 heavy (non-hydrogen) atoms. The van der Waals surface area contributed by atoms with Gasteiger partial charge in [0.25, 0.3) is 5.91 Å². The summed E-state index contributed by atoms with van der Waals surface area (Å²) in [5.74, 6) is -1.23. The Balaban J connectivity index is 1.37. The summed E-state index contributed by atoms with van der Waals surface area (Å²) in [6, 6.07) is 1.56. The van der Waals surface area contributed by atoms with Gasteiger partial charge in [-0.2, -0.15) is 0 Å². The molecule has 4 rings (SSSR count). The SMILES string of the molecule is Cc1cc(NC(=O)COC(=O)[C@@H]2[C@@H]3C[C@H]4[C@H](OC(=O)[C@@H]42)[C@@H]3I)no1. The highest BCUT2D eigenvalue weighted by molar-refractivity contribution is 14.1. The molecule has 0 aromatic carbocycles. The number of anilines is 1. The molecule has 9 heteroatoms. The quantitative estimate of drug-likeness (QED) is 0.419. The fraction of sp³-hybridized carbons (Fsp3) is 0.600. The van der Waals surface area contributed by atoms with E-state index in [2.05, 4.69) is 33.1 Å². The molecule has 3 aliphatic rings. The number of nitrogens with zero attached hydrogens (tertiary/aromatic N) is 1. The number of hydrogen-bond donors (Lipinski definition) is 1. The number of carbonyl (C=O) groups excluding carboxylic acids is 3. The second kappa shape index (κ2) is 5.71. The zero-order valence-electron chi connectivity index (χ0n) is 12.7. The maximum absolute atomic E-state index is 12.4. The molecule has 6 atom stereocenters. The molecule has 2 bridgehead atoms. The first-order valence-corrected chi connectivity index (χ1v) is 8.94. The van der Waals surface area contributed by atoms with E-state index >= 15 is 0 Å². The average molecular weight is 446 g/mol. The van der Waals surface area contributed by atoms with Crippen molar-refractivity contribution in [1.82, 2.24) is 5.16 Å². The summed E-state index contributed by atoms with van der Waals surface area (Å²) in [5.41, 5.74) is 0. The number of halogens is 1. The van der Waals surface area contributed by atoms with Crippen molar-refractivity contribution in [3.05, 3.63) is 11.8 Å². The maximum atomic E-state index is 12.4. The molecule has 1 aromatic heterocycles. The monoisotopic (exact) mass is 446 g/mol. The normalized spacial score (nSPS) is 35.8. The highest BCUT2D eigenvalue weighted by Crippen LogP contribution is 2.60. The Morgan fingerprint density at radius 2 is 2.25 bits per heavy atom. The standard InChI is InChI=1S/C15H15IN2O6/c1-5-2-8(18-24-5)17-9(19)4-22-14(20)10-6-3-7-11(10)15(21)23-13(7)12(6)16/h2,6-7,10-13H,3-4H2,1H3,(H,17,18,19)/t6-,7+,10+,11-,12+,13-/m0/s1. The van der Waals surface area contributed by atoms with Crippen molar-refractivity contribution in [2.75, 3.05) is 11.9 Å². The Hall–Kier alpha value is -1.65. The number of rotatable bonds is 4. The molecule has 128 valence electrons. The lowest BCUT2D eigenvalue weighted by Crippen LogP contribution is -2.39. The molecule has 2 heterocycles. The Kier molecular flexibility index (Phi) is 3.77. The molecule has 1 N–H and O–H groups in total. The topological polar surface area (TPSA) is 108 Å². The molecule has 0 unspecified atom stereocenters. The van der Waals surface area contributed by atoms with Crippen LogP contribution in [-0.2, 0) is 23.9 Å². The summed E-state index contributed by atoms with van der Waals surface area (Å²) in [4.78, 5) is 36.3. The maximum Gasteiger partial charge on any atom is 0.310 e. The summed E-state index contributed by atoms with van der Waals surface area (Å²) in [5, 5.41) is 6.11. The lowest BCUT2D eigenvalue weighted by atomic mass is 9.80. The van der Waals surface area contributed by atoms with Crippen molar-refractivity contribution in [2.24, 2.45) is 23.7 Å². The summed E-state index contributed by atoms with van der Waals surface area (Å²) >= 11 is 2.25. The predicted molar refractivity (Wildman–Crippen MR) is 87.1 cm³/mol. The van der Waals surface area contributed by atoms with E-state index < -0.39 is 30.3 Å². The van der Waals surface area contributed by atoms with Crippen LogP contribution in [-0.4, -0.2) is 39.6 Å². The van der Waals surface area contributed by atoms with Gasteiger partial charge in [0.2, 0.25) is 0 Å². The second-order valence-electron chi connectivity index (χ2n) is 6.44. The van der Waals surface area contributed by atoms with Gasteiger partial charge < -0.3 is 19.3 Å². The highest BCUT2D eigenvalue weighted by Gasteiger charge is 2.68. The van der Waals surface area contributed by atoms with Crippen LogP contribution in [0.15, 0.2) is 10.6 Å². The van der Waals surface area contributed by atoms with Gasteiger partial charge in [0.1, 0.15) is 11.9 Å². The molecule has 0 radical (unpaired) electrons. The minimum atomic E-state index is -0.509. The number of amides is 1.